The first-order valence-electron chi connectivity index (χ1n) is 9.54. The van der Waals surface area contributed by atoms with Crippen LogP contribution in [0.4, 0.5) is 0 Å². The van der Waals surface area contributed by atoms with Gasteiger partial charge in [-0.1, -0.05) is 0 Å². The molecule has 1 atom stereocenters. The molecule has 2 fully saturated rings. The molecular formula is C18H29N3O3S. The van der Waals surface area contributed by atoms with Gasteiger partial charge in [0.05, 0.1) is 30.6 Å². The first-order chi connectivity index (χ1) is 12.0. The zero-order valence-corrected chi connectivity index (χ0v) is 15.9. The maximum atomic E-state index is 12.9. The number of aromatic nitrogens is 2. The average molecular weight is 368 g/mol. The van der Waals surface area contributed by atoms with Crippen LogP contribution in [0.1, 0.15) is 62.2 Å². The minimum absolute atomic E-state index is 0.0474. The zero-order valence-electron chi connectivity index (χ0n) is 15.0. The summed E-state index contributed by atoms with van der Waals surface area (Å²) in [4.78, 5) is 0. The van der Waals surface area contributed by atoms with Gasteiger partial charge in [0.25, 0.3) is 0 Å². The van der Waals surface area contributed by atoms with E-state index < -0.39 is 10.0 Å². The van der Waals surface area contributed by atoms with E-state index in [-0.39, 0.29) is 11.5 Å². The molecule has 0 spiro atoms. The van der Waals surface area contributed by atoms with Gasteiger partial charge in [-0.2, -0.15) is 5.10 Å². The Balaban J connectivity index is 1.47. The van der Waals surface area contributed by atoms with Crippen molar-refractivity contribution in [3.05, 3.63) is 17.5 Å². The third-order valence-corrected chi connectivity index (χ3v) is 8.01. The number of hydrogen-bond donors (Lipinski definition) is 1. The summed E-state index contributed by atoms with van der Waals surface area (Å²) in [5, 5.41) is 4.64. The number of sulfonamides is 1. The molecule has 7 heteroatoms. The number of ether oxygens (including phenoxy) is 1. The van der Waals surface area contributed by atoms with Gasteiger partial charge < -0.3 is 4.74 Å². The molecule has 0 radical (unpaired) electrons. The van der Waals surface area contributed by atoms with Crippen LogP contribution in [0.25, 0.3) is 0 Å². The molecular weight excluding hydrogens is 338 g/mol. The third-order valence-electron chi connectivity index (χ3n) is 6.37. The first kappa shape index (κ1) is 17.5. The van der Waals surface area contributed by atoms with Crippen molar-refractivity contribution in [1.29, 1.82) is 0 Å². The molecule has 2 saturated carbocycles. The van der Waals surface area contributed by atoms with Gasteiger partial charge >= 0.3 is 0 Å². The number of nitrogens with one attached hydrogen (secondary N) is 1. The fourth-order valence-corrected chi connectivity index (χ4v) is 7.15. The number of fused-ring (bicyclic) bond motifs is 3. The van der Waals surface area contributed by atoms with Gasteiger partial charge in [-0.05, 0) is 68.3 Å². The zero-order chi connectivity index (χ0) is 17.5. The third kappa shape index (κ3) is 3.64. The second-order valence-corrected chi connectivity index (χ2v) is 10.0. The molecule has 25 heavy (non-hydrogen) atoms. The van der Waals surface area contributed by atoms with Crippen molar-refractivity contribution in [3.63, 3.8) is 0 Å². The van der Waals surface area contributed by atoms with Gasteiger partial charge in [-0.15, -0.1) is 0 Å². The smallest absolute Gasteiger partial charge is 0.212 e. The Kier molecular flexibility index (Phi) is 4.67. The lowest BCUT2D eigenvalue weighted by Crippen LogP contribution is -2.38. The molecule has 3 aliphatic carbocycles. The molecule has 1 aromatic heterocycles. The molecule has 6 nitrogen and oxygen atoms in total. The van der Waals surface area contributed by atoms with Gasteiger partial charge in [0.15, 0.2) is 0 Å². The normalized spacial score (nSPS) is 31.4. The summed E-state index contributed by atoms with van der Waals surface area (Å²) in [7, 11) is -1.61. The van der Waals surface area contributed by atoms with Gasteiger partial charge in [0, 0.05) is 13.3 Å². The van der Waals surface area contributed by atoms with Crippen molar-refractivity contribution in [1.82, 2.24) is 14.5 Å². The predicted molar refractivity (Wildman–Crippen MR) is 95.7 cm³/mol. The Hall–Kier alpha value is -0.920. The summed E-state index contributed by atoms with van der Waals surface area (Å²) in [5.41, 5.74) is 2.14. The summed E-state index contributed by atoms with van der Waals surface area (Å²) in [6, 6.07) is -0.174. The minimum Gasteiger partial charge on any atom is -0.383 e. The van der Waals surface area contributed by atoms with Crippen molar-refractivity contribution in [2.45, 2.75) is 64.0 Å². The van der Waals surface area contributed by atoms with Gasteiger partial charge in [0.2, 0.25) is 10.0 Å². The van der Waals surface area contributed by atoms with E-state index in [0.29, 0.717) is 18.9 Å². The molecule has 1 N–H and O–H groups in total. The molecule has 1 heterocycles. The molecule has 140 valence electrons. The molecule has 1 unspecified atom stereocenters. The maximum absolute atomic E-state index is 12.9. The fourth-order valence-electron chi connectivity index (χ4n) is 5.19. The highest BCUT2D eigenvalue weighted by molar-refractivity contribution is 7.89. The highest BCUT2D eigenvalue weighted by Crippen LogP contribution is 2.54. The highest BCUT2D eigenvalue weighted by Gasteiger charge is 2.47. The second kappa shape index (κ2) is 6.67. The Bertz CT molecular complexity index is 720. The summed E-state index contributed by atoms with van der Waals surface area (Å²) in [6.07, 6.45) is 10.6. The minimum atomic E-state index is -3.28. The largest absolute Gasteiger partial charge is 0.383 e. The summed E-state index contributed by atoms with van der Waals surface area (Å²) in [5.74, 6) is 1.07. The number of aryl methyl sites for hydroxylation is 1. The molecule has 3 aliphatic rings. The van der Waals surface area contributed by atoms with Crippen LogP contribution in [0, 0.1) is 11.3 Å². The fraction of sp³-hybridized carbons (Fsp3) is 0.833. The van der Waals surface area contributed by atoms with Crippen LogP contribution in [-0.2, 0) is 27.7 Å². The van der Waals surface area contributed by atoms with E-state index in [9.17, 15) is 8.42 Å². The number of nitrogens with zero attached hydrogens (tertiary/aromatic N) is 2. The van der Waals surface area contributed by atoms with Crippen molar-refractivity contribution < 1.29 is 13.2 Å². The van der Waals surface area contributed by atoms with E-state index in [2.05, 4.69) is 9.82 Å². The van der Waals surface area contributed by atoms with Crippen molar-refractivity contribution in [2.24, 2.45) is 11.3 Å². The average Bonchev–Trinajstić information content (AvgIpc) is 3.25. The summed E-state index contributed by atoms with van der Waals surface area (Å²) < 4.78 is 35.7. The summed E-state index contributed by atoms with van der Waals surface area (Å²) in [6.45, 7) is 1.31. The Morgan fingerprint density at radius 2 is 2.16 bits per heavy atom. The molecule has 0 aliphatic heterocycles. The van der Waals surface area contributed by atoms with Crippen LogP contribution in [0.15, 0.2) is 6.20 Å². The molecule has 2 bridgehead atoms. The topological polar surface area (TPSA) is 73.2 Å². The van der Waals surface area contributed by atoms with Crippen LogP contribution in [0.2, 0.25) is 0 Å². The summed E-state index contributed by atoms with van der Waals surface area (Å²) >= 11 is 0. The van der Waals surface area contributed by atoms with Crippen molar-refractivity contribution in [2.75, 3.05) is 19.5 Å². The molecule has 0 aromatic carbocycles. The number of hydrogen-bond acceptors (Lipinski definition) is 4. The van der Waals surface area contributed by atoms with E-state index in [1.54, 1.807) is 7.11 Å². The number of rotatable bonds is 7. The van der Waals surface area contributed by atoms with Crippen LogP contribution in [0.5, 0.6) is 0 Å². The molecule has 0 saturated heterocycles. The van der Waals surface area contributed by atoms with Crippen molar-refractivity contribution >= 4 is 10.0 Å². The standard InChI is InChI=1S/C18H29N3O3S/c1-24-10-9-21-12-15-3-2-4-16(17(15)19-21)20-25(22,23)13-18-7-5-14(11-18)6-8-18/h12,14,16,20H,2-11,13H2,1H3. The molecule has 1 aromatic rings. The lowest BCUT2D eigenvalue weighted by atomic mass is 9.87. The SMILES string of the molecule is COCCn1cc2c(n1)C(NS(=O)(=O)CC13CCC(CC1)C3)CCC2. The van der Waals surface area contributed by atoms with Gasteiger partial charge in [-0.25, -0.2) is 13.1 Å². The monoisotopic (exact) mass is 367 g/mol. The van der Waals surface area contributed by atoms with E-state index in [1.165, 1.54) is 18.4 Å². The lowest BCUT2D eigenvalue weighted by Gasteiger charge is -2.28. The molecule has 0 amide bonds. The lowest BCUT2D eigenvalue weighted by molar-refractivity contribution is 0.183. The van der Waals surface area contributed by atoms with E-state index in [0.717, 1.165) is 50.1 Å². The highest BCUT2D eigenvalue weighted by atomic mass is 32.2. The predicted octanol–water partition coefficient (Wildman–Crippen LogP) is 2.41. The number of methoxy groups -OCH3 is 1. The van der Waals surface area contributed by atoms with E-state index in [1.807, 2.05) is 10.9 Å². The maximum Gasteiger partial charge on any atom is 0.212 e. The quantitative estimate of drug-likeness (QED) is 0.803. The van der Waals surface area contributed by atoms with Gasteiger partial charge in [0.1, 0.15) is 0 Å². The van der Waals surface area contributed by atoms with Crippen molar-refractivity contribution in [3.8, 4) is 0 Å². The Labute approximate surface area is 150 Å². The van der Waals surface area contributed by atoms with Crippen LogP contribution < -0.4 is 4.72 Å². The van der Waals surface area contributed by atoms with Gasteiger partial charge in [-0.3, -0.25) is 4.68 Å². The Morgan fingerprint density at radius 3 is 2.84 bits per heavy atom. The Morgan fingerprint density at radius 1 is 1.36 bits per heavy atom. The van der Waals surface area contributed by atoms with E-state index in [4.69, 9.17) is 4.74 Å². The first-order valence-corrected chi connectivity index (χ1v) is 11.2. The van der Waals surface area contributed by atoms with E-state index >= 15 is 0 Å². The second-order valence-electron chi connectivity index (χ2n) is 8.26. The molecule has 4 rings (SSSR count). The van der Waals surface area contributed by atoms with Crippen LogP contribution in [0.3, 0.4) is 0 Å². The van der Waals surface area contributed by atoms with Crippen LogP contribution >= 0.6 is 0 Å². The van der Waals surface area contributed by atoms with Crippen LogP contribution in [-0.4, -0.2) is 37.7 Å².